The van der Waals surface area contributed by atoms with Crippen molar-refractivity contribution >= 4 is 46.8 Å². The minimum absolute atomic E-state index is 0.128. The van der Waals surface area contributed by atoms with E-state index in [4.69, 9.17) is 23.2 Å². The van der Waals surface area contributed by atoms with Gasteiger partial charge in [0, 0.05) is 30.3 Å². The van der Waals surface area contributed by atoms with Crippen LogP contribution in [0.15, 0.2) is 30.5 Å². The Bertz CT molecular complexity index is 1250. The number of benzene rings is 1. The molecule has 2 fully saturated rings. The number of aromatic nitrogens is 1. The highest BCUT2D eigenvalue weighted by molar-refractivity contribution is 6.34. The lowest BCUT2D eigenvalue weighted by atomic mass is 10.0. The van der Waals surface area contributed by atoms with Crippen molar-refractivity contribution in [2.24, 2.45) is 0 Å². The number of hydrogen-bond donors (Lipinski definition) is 2. The number of carbonyl (C=O) groups excluding carboxylic acids is 4. The molecule has 5 rings (SSSR count). The highest BCUT2D eigenvalue weighted by Gasteiger charge is 2.53. The number of imide groups is 1. The van der Waals surface area contributed by atoms with E-state index in [0.29, 0.717) is 16.1 Å². The number of amides is 4. The first-order valence-electron chi connectivity index (χ1n) is 10.7. The Balaban J connectivity index is 1.37. The van der Waals surface area contributed by atoms with Crippen molar-refractivity contribution in [2.75, 3.05) is 0 Å². The van der Waals surface area contributed by atoms with Crippen molar-refractivity contribution in [3.63, 3.8) is 0 Å². The van der Waals surface area contributed by atoms with Gasteiger partial charge >= 0.3 is 0 Å². The maximum absolute atomic E-state index is 15.1. The van der Waals surface area contributed by atoms with E-state index in [9.17, 15) is 19.2 Å². The van der Waals surface area contributed by atoms with E-state index >= 15 is 4.39 Å². The van der Waals surface area contributed by atoms with E-state index in [1.807, 2.05) is 0 Å². The maximum atomic E-state index is 15.1. The van der Waals surface area contributed by atoms with Gasteiger partial charge < -0.3 is 10.2 Å². The summed E-state index contributed by atoms with van der Waals surface area (Å²) in [4.78, 5) is 55.1. The van der Waals surface area contributed by atoms with Gasteiger partial charge in [-0.3, -0.25) is 29.5 Å². The number of hydrogen-bond acceptors (Lipinski definition) is 5. The van der Waals surface area contributed by atoms with Crippen molar-refractivity contribution in [3.8, 4) is 0 Å². The van der Waals surface area contributed by atoms with Gasteiger partial charge in [0.1, 0.15) is 17.8 Å². The lowest BCUT2D eigenvalue weighted by molar-refractivity contribution is -0.136. The van der Waals surface area contributed by atoms with Crippen LogP contribution in [0.4, 0.5) is 4.39 Å². The summed E-state index contributed by atoms with van der Waals surface area (Å²) < 4.78 is 15.1. The maximum Gasteiger partial charge on any atom is 0.255 e. The Labute approximate surface area is 203 Å². The van der Waals surface area contributed by atoms with E-state index in [-0.39, 0.29) is 60.3 Å². The molecule has 2 aliphatic heterocycles. The van der Waals surface area contributed by atoms with E-state index in [0.717, 1.165) is 0 Å². The molecule has 1 aromatic heterocycles. The molecule has 0 radical (unpaired) electrons. The summed E-state index contributed by atoms with van der Waals surface area (Å²) in [5, 5.41) is 5.40. The van der Waals surface area contributed by atoms with Crippen molar-refractivity contribution in [1.29, 1.82) is 0 Å². The Morgan fingerprint density at radius 1 is 1.24 bits per heavy atom. The third-order valence-electron chi connectivity index (χ3n) is 6.42. The fraction of sp³-hybridized carbons (Fsp3) is 0.348. The first kappa shape index (κ1) is 22.7. The number of alkyl halides is 1. The Hall–Kier alpha value is -3.04. The minimum Gasteiger partial charge on any atom is -0.340 e. The molecule has 176 valence electrons. The van der Waals surface area contributed by atoms with Crippen molar-refractivity contribution in [3.05, 3.63) is 62.9 Å². The molecule has 1 saturated carbocycles. The number of carbonyl (C=O) groups is 4. The summed E-state index contributed by atoms with van der Waals surface area (Å²) in [7, 11) is 0. The van der Waals surface area contributed by atoms with Gasteiger partial charge in [0.25, 0.3) is 11.8 Å². The van der Waals surface area contributed by atoms with Gasteiger partial charge in [-0.2, -0.15) is 0 Å². The second kappa shape index (κ2) is 8.32. The van der Waals surface area contributed by atoms with E-state index in [1.54, 1.807) is 6.07 Å². The van der Waals surface area contributed by atoms with Gasteiger partial charge in [-0.1, -0.05) is 23.2 Å². The lowest BCUT2D eigenvalue weighted by Gasteiger charge is -2.29. The molecule has 2 N–H and O–H groups in total. The van der Waals surface area contributed by atoms with Crippen LogP contribution in [0.2, 0.25) is 10.0 Å². The highest BCUT2D eigenvalue weighted by Crippen LogP contribution is 2.50. The zero-order valence-corrected chi connectivity index (χ0v) is 19.3. The Morgan fingerprint density at radius 2 is 2.00 bits per heavy atom. The third kappa shape index (κ3) is 4.03. The molecule has 0 spiro atoms. The molecule has 11 heteroatoms. The second-order valence-electron chi connectivity index (χ2n) is 8.73. The van der Waals surface area contributed by atoms with Crippen LogP contribution in [0.5, 0.6) is 0 Å². The van der Waals surface area contributed by atoms with Crippen LogP contribution in [0.1, 0.15) is 63.7 Å². The molecule has 2 atom stereocenters. The number of pyridine rings is 1. The van der Waals surface area contributed by atoms with Gasteiger partial charge in [-0.05, 0) is 49.1 Å². The van der Waals surface area contributed by atoms with Gasteiger partial charge in [0.15, 0.2) is 0 Å². The topological polar surface area (TPSA) is 108 Å². The molecule has 1 aliphatic carbocycles. The molecule has 34 heavy (non-hydrogen) atoms. The number of piperidine rings is 1. The number of fused-ring (bicyclic) bond motifs is 1. The number of halogens is 3. The largest absolute Gasteiger partial charge is 0.340 e. The number of nitrogens with one attached hydrogen (secondary N) is 2. The average molecular weight is 505 g/mol. The average Bonchev–Trinajstić information content (AvgIpc) is 3.45. The van der Waals surface area contributed by atoms with Crippen LogP contribution in [0, 0.1) is 0 Å². The predicted molar refractivity (Wildman–Crippen MR) is 120 cm³/mol. The van der Waals surface area contributed by atoms with Crippen molar-refractivity contribution in [1.82, 2.24) is 20.5 Å². The minimum atomic E-state index is -1.66. The van der Waals surface area contributed by atoms with Crippen molar-refractivity contribution < 1.29 is 23.6 Å². The fourth-order valence-corrected chi connectivity index (χ4v) is 4.91. The van der Waals surface area contributed by atoms with E-state index in [2.05, 4.69) is 15.6 Å². The van der Waals surface area contributed by atoms with Gasteiger partial charge in [-0.25, -0.2) is 4.39 Å². The predicted octanol–water partition coefficient (Wildman–Crippen LogP) is 3.12. The molecule has 1 unspecified atom stereocenters. The van der Waals surface area contributed by atoms with Crippen LogP contribution in [0.3, 0.4) is 0 Å². The van der Waals surface area contributed by atoms with Crippen LogP contribution in [0.25, 0.3) is 0 Å². The molecule has 0 bridgehead atoms. The summed E-state index contributed by atoms with van der Waals surface area (Å²) in [6.07, 6.45) is 2.26. The molecule has 8 nitrogen and oxygen atoms in total. The zero-order chi connectivity index (χ0) is 24.2. The van der Waals surface area contributed by atoms with Crippen LogP contribution in [-0.4, -0.2) is 45.2 Å². The summed E-state index contributed by atoms with van der Waals surface area (Å²) in [5.41, 5.74) is -0.279. The monoisotopic (exact) mass is 504 g/mol. The summed E-state index contributed by atoms with van der Waals surface area (Å²) >= 11 is 12.1. The smallest absolute Gasteiger partial charge is 0.255 e. The van der Waals surface area contributed by atoms with Gasteiger partial charge in [0.05, 0.1) is 15.7 Å². The number of rotatable bonds is 5. The summed E-state index contributed by atoms with van der Waals surface area (Å²) in [5.74, 6) is -1.76. The molecular formula is C23H19Cl2FN4O4. The molecule has 3 heterocycles. The molecule has 3 aliphatic rings. The summed E-state index contributed by atoms with van der Waals surface area (Å²) in [6.45, 7) is 0.128. The lowest BCUT2D eigenvalue weighted by Crippen LogP contribution is -2.52. The fourth-order valence-electron chi connectivity index (χ4n) is 4.42. The molecule has 2 aromatic rings. The van der Waals surface area contributed by atoms with Gasteiger partial charge in [0.2, 0.25) is 11.8 Å². The zero-order valence-electron chi connectivity index (χ0n) is 17.7. The van der Waals surface area contributed by atoms with Crippen LogP contribution < -0.4 is 10.6 Å². The van der Waals surface area contributed by atoms with E-state index in [1.165, 1.54) is 29.3 Å². The second-order valence-corrected chi connectivity index (χ2v) is 9.58. The Kier molecular flexibility index (Phi) is 5.56. The first-order chi connectivity index (χ1) is 16.2. The molecule has 4 amide bonds. The van der Waals surface area contributed by atoms with Gasteiger partial charge in [-0.15, -0.1) is 0 Å². The summed E-state index contributed by atoms with van der Waals surface area (Å²) in [6, 6.07) is 4.19. The number of nitrogens with zero attached hydrogens (tertiary/aromatic N) is 2. The molecule has 1 aromatic carbocycles. The normalized spacial score (nSPS) is 21.7. The Morgan fingerprint density at radius 3 is 2.68 bits per heavy atom. The van der Waals surface area contributed by atoms with Crippen molar-refractivity contribution in [2.45, 2.75) is 50.0 Å². The van der Waals surface area contributed by atoms with E-state index < -0.39 is 29.6 Å². The van der Waals surface area contributed by atoms with Crippen LogP contribution >= 0.6 is 23.2 Å². The standard InChI is InChI=1S/C23H19Cl2FN4O4/c24-13-8-15(25)18(27-9-13)19(23(26)5-6-23)29-20(32)11-1-2-14-12(7-11)10-30(22(14)34)16-3-4-17(31)28-21(16)33/h1-2,7-9,16,19H,3-6,10H2,(H,29,32)(H,28,31,33)/t16?,19-/m1/s1. The molecule has 1 saturated heterocycles. The third-order valence-corrected chi connectivity index (χ3v) is 6.93. The first-order valence-corrected chi connectivity index (χ1v) is 11.5. The molecular weight excluding hydrogens is 486 g/mol. The SMILES string of the molecule is O=C1CCC(N2Cc3cc(C(=O)N[C@H](c4ncc(Cl)cc4Cl)C4(F)CC4)ccc3C2=O)C(=O)N1. The van der Waals surface area contributed by atoms with Crippen LogP contribution in [-0.2, 0) is 16.1 Å². The quantitative estimate of drug-likeness (QED) is 0.608. The highest BCUT2D eigenvalue weighted by atomic mass is 35.5.